The molecule has 1 aliphatic rings. The van der Waals surface area contributed by atoms with E-state index < -0.39 is 6.09 Å². The van der Waals surface area contributed by atoms with Crippen LogP contribution >= 0.6 is 0 Å². The summed E-state index contributed by atoms with van der Waals surface area (Å²) in [5.74, 6) is -0.320. The highest BCUT2D eigenvalue weighted by Gasteiger charge is 2.18. The highest BCUT2D eigenvalue weighted by molar-refractivity contribution is 5.92. The van der Waals surface area contributed by atoms with Crippen LogP contribution in [0.3, 0.4) is 0 Å². The zero-order chi connectivity index (χ0) is 13.4. The van der Waals surface area contributed by atoms with Gasteiger partial charge in [0.05, 0.1) is 13.7 Å². The van der Waals surface area contributed by atoms with Gasteiger partial charge in [0, 0.05) is 12.6 Å². The highest BCUT2D eigenvalue weighted by atomic mass is 16.5. The lowest BCUT2D eigenvalue weighted by molar-refractivity contribution is -0.121. The highest BCUT2D eigenvalue weighted by Crippen LogP contribution is 2.08. The number of rotatable bonds is 5. The van der Waals surface area contributed by atoms with Crippen molar-refractivity contribution in [2.45, 2.75) is 32.2 Å². The summed E-state index contributed by atoms with van der Waals surface area (Å²) in [5.41, 5.74) is 0. The van der Waals surface area contributed by atoms with E-state index in [0.717, 1.165) is 26.1 Å². The number of carbonyl (C=O) groups is 2. The molecule has 0 radical (unpaired) electrons. The Balaban J connectivity index is 2.31. The second-order valence-electron chi connectivity index (χ2n) is 4.51. The summed E-state index contributed by atoms with van der Waals surface area (Å²) in [7, 11) is 1.24. The maximum atomic E-state index is 11.5. The number of nitrogens with one attached hydrogen (secondary N) is 2. The molecule has 1 fully saturated rings. The lowest BCUT2D eigenvalue weighted by Crippen LogP contribution is -2.47. The number of ether oxygens (including phenoxy) is 1. The van der Waals surface area contributed by atoms with Gasteiger partial charge in [0.25, 0.3) is 0 Å². The van der Waals surface area contributed by atoms with Gasteiger partial charge in [-0.05, 0) is 25.9 Å². The molecule has 6 nitrogen and oxygen atoms in total. The van der Waals surface area contributed by atoms with Gasteiger partial charge in [-0.3, -0.25) is 15.0 Å². The molecule has 1 rings (SSSR count). The van der Waals surface area contributed by atoms with Crippen LogP contribution in [-0.2, 0) is 9.53 Å². The van der Waals surface area contributed by atoms with E-state index in [1.165, 1.54) is 20.0 Å². The Bertz CT molecular complexity index is 278. The first-order chi connectivity index (χ1) is 8.65. The molecule has 1 atom stereocenters. The molecule has 1 unspecified atom stereocenters. The molecule has 6 heteroatoms. The van der Waals surface area contributed by atoms with E-state index in [2.05, 4.69) is 15.4 Å². The normalized spacial score (nSPS) is 19.6. The van der Waals surface area contributed by atoms with Crippen LogP contribution < -0.4 is 10.6 Å². The van der Waals surface area contributed by atoms with E-state index in [1.54, 1.807) is 0 Å². The van der Waals surface area contributed by atoms with Crippen LogP contribution in [0.25, 0.3) is 0 Å². The van der Waals surface area contributed by atoms with Crippen molar-refractivity contribution in [3.63, 3.8) is 0 Å². The summed E-state index contributed by atoms with van der Waals surface area (Å²) >= 11 is 0. The SMILES string of the molecule is CCN(CC(=O)NC(=O)OC)CC1CCCCN1. The smallest absolute Gasteiger partial charge is 0.413 e. The number of hydrogen-bond acceptors (Lipinski definition) is 5. The summed E-state index contributed by atoms with van der Waals surface area (Å²) in [6.07, 6.45) is 2.91. The Kier molecular flexibility index (Phi) is 6.67. The van der Waals surface area contributed by atoms with Crippen molar-refractivity contribution >= 4 is 12.0 Å². The minimum absolute atomic E-state index is 0.226. The van der Waals surface area contributed by atoms with Crippen LogP contribution in [0.4, 0.5) is 4.79 Å². The zero-order valence-corrected chi connectivity index (χ0v) is 11.2. The predicted molar refractivity (Wildman–Crippen MR) is 68.3 cm³/mol. The van der Waals surface area contributed by atoms with Crippen LogP contribution in [-0.4, -0.2) is 56.2 Å². The van der Waals surface area contributed by atoms with Crippen LogP contribution in [0.1, 0.15) is 26.2 Å². The molecule has 1 aliphatic heterocycles. The Labute approximate surface area is 108 Å². The number of methoxy groups -OCH3 is 1. The minimum atomic E-state index is -0.702. The molecular formula is C12H23N3O3. The molecule has 0 spiro atoms. The number of hydrogen-bond donors (Lipinski definition) is 2. The van der Waals surface area contributed by atoms with Gasteiger partial charge >= 0.3 is 6.09 Å². The molecule has 1 saturated heterocycles. The monoisotopic (exact) mass is 257 g/mol. The third-order valence-corrected chi connectivity index (χ3v) is 3.13. The molecule has 1 heterocycles. The van der Waals surface area contributed by atoms with Gasteiger partial charge in [0.1, 0.15) is 0 Å². The van der Waals surface area contributed by atoms with Crippen molar-refractivity contribution in [3.8, 4) is 0 Å². The van der Waals surface area contributed by atoms with Crippen LogP contribution in [0.5, 0.6) is 0 Å². The summed E-state index contributed by atoms with van der Waals surface area (Å²) in [5, 5.41) is 5.61. The van der Waals surface area contributed by atoms with E-state index in [0.29, 0.717) is 6.04 Å². The van der Waals surface area contributed by atoms with E-state index in [1.807, 2.05) is 11.8 Å². The van der Waals surface area contributed by atoms with Crippen molar-refractivity contribution in [1.29, 1.82) is 0 Å². The number of amides is 2. The standard InChI is InChI=1S/C12H23N3O3/c1-3-15(8-10-6-4-5-7-13-10)9-11(16)14-12(17)18-2/h10,13H,3-9H2,1-2H3,(H,14,16,17). The second-order valence-corrected chi connectivity index (χ2v) is 4.51. The topological polar surface area (TPSA) is 70.7 Å². The quantitative estimate of drug-likeness (QED) is 0.743. The van der Waals surface area contributed by atoms with Crippen molar-refractivity contribution in [2.24, 2.45) is 0 Å². The van der Waals surface area contributed by atoms with E-state index in [4.69, 9.17) is 0 Å². The van der Waals surface area contributed by atoms with E-state index in [9.17, 15) is 9.59 Å². The average molecular weight is 257 g/mol. The summed E-state index contributed by atoms with van der Waals surface area (Å²) in [6, 6.07) is 0.449. The van der Waals surface area contributed by atoms with Crippen molar-refractivity contribution < 1.29 is 14.3 Å². The molecule has 104 valence electrons. The Morgan fingerprint density at radius 3 is 2.78 bits per heavy atom. The number of alkyl carbamates (subject to hydrolysis) is 1. The third kappa shape index (κ3) is 5.46. The van der Waals surface area contributed by atoms with Crippen molar-refractivity contribution in [1.82, 2.24) is 15.5 Å². The average Bonchev–Trinajstić information content (AvgIpc) is 2.38. The Morgan fingerprint density at radius 1 is 1.44 bits per heavy atom. The maximum Gasteiger partial charge on any atom is 0.413 e. The molecule has 18 heavy (non-hydrogen) atoms. The Hall–Kier alpha value is -1.14. The fourth-order valence-corrected chi connectivity index (χ4v) is 2.10. The van der Waals surface area contributed by atoms with Gasteiger partial charge in [0.2, 0.25) is 5.91 Å². The van der Waals surface area contributed by atoms with Gasteiger partial charge in [0.15, 0.2) is 0 Å². The van der Waals surface area contributed by atoms with Crippen LogP contribution in [0.2, 0.25) is 0 Å². The number of piperidine rings is 1. The molecule has 2 N–H and O–H groups in total. The molecule has 0 aliphatic carbocycles. The molecule has 0 saturated carbocycles. The number of nitrogens with zero attached hydrogens (tertiary/aromatic N) is 1. The molecule has 2 amide bonds. The van der Waals surface area contributed by atoms with Crippen molar-refractivity contribution in [2.75, 3.05) is 33.3 Å². The van der Waals surface area contributed by atoms with Crippen molar-refractivity contribution in [3.05, 3.63) is 0 Å². The van der Waals surface area contributed by atoms with E-state index >= 15 is 0 Å². The van der Waals surface area contributed by atoms with Gasteiger partial charge in [-0.25, -0.2) is 4.79 Å². The molecule has 0 aromatic heterocycles. The molecule has 0 bridgehead atoms. The fraction of sp³-hybridized carbons (Fsp3) is 0.833. The Morgan fingerprint density at radius 2 is 2.22 bits per heavy atom. The van der Waals surface area contributed by atoms with E-state index in [-0.39, 0.29) is 12.5 Å². The van der Waals surface area contributed by atoms with Gasteiger partial charge in [-0.15, -0.1) is 0 Å². The minimum Gasteiger partial charge on any atom is -0.453 e. The van der Waals surface area contributed by atoms with Gasteiger partial charge in [-0.1, -0.05) is 13.3 Å². The number of carbonyl (C=O) groups excluding carboxylic acids is 2. The molecule has 0 aromatic rings. The van der Waals surface area contributed by atoms with Gasteiger partial charge < -0.3 is 10.1 Å². The van der Waals surface area contributed by atoms with Gasteiger partial charge in [-0.2, -0.15) is 0 Å². The maximum absolute atomic E-state index is 11.5. The first-order valence-electron chi connectivity index (χ1n) is 6.49. The van der Waals surface area contributed by atoms with Crippen LogP contribution in [0.15, 0.2) is 0 Å². The number of imide groups is 1. The molecule has 0 aromatic carbocycles. The predicted octanol–water partition coefficient (Wildman–Crippen LogP) is 0.333. The third-order valence-electron chi connectivity index (χ3n) is 3.13. The summed E-state index contributed by atoms with van der Waals surface area (Å²) in [4.78, 5) is 24.5. The lowest BCUT2D eigenvalue weighted by atomic mass is 10.0. The summed E-state index contributed by atoms with van der Waals surface area (Å²) in [6.45, 7) is 4.91. The summed E-state index contributed by atoms with van der Waals surface area (Å²) < 4.78 is 4.38. The second kappa shape index (κ2) is 8.05. The van der Waals surface area contributed by atoms with Crippen LogP contribution in [0, 0.1) is 0 Å². The molecular weight excluding hydrogens is 234 g/mol. The number of likely N-dealkylation sites (N-methyl/N-ethyl adjacent to an activating group) is 1. The first kappa shape index (κ1) is 14.9. The lowest BCUT2D eigenvalue weighted by Gasteiger charge is -2.29. The largest absolute Gasteiger partial charge is 0.453 e. The fourth-order valence-electron chi connectivity index (χ4n) is 2.10. The zero-order valence-electron chi connectivity index (χ0n) is 11.2. The first-order valence-corrected chi connectivity index (χ1v) is 6.49.